The number of hydrogen-bond acceptors (Lipinski definition) is 4. The van der Waals surface area contributed by atoms with Crippen LogP contribution in [0.4, 0.5) is 10.1 Å². The third-order valence-corrected chi connectivity index (χ3v) is 5.77. The highest BCUT2D eigenvalue weighted by atomic mass is 19.1. The van der Waals surface area contributed by atoms with E-state index in [0.29, 0.717) is 5.69 Å². The lowest BCUT2D eigenvalue weighted by molar-refractivity contribution is 0.627. The van der Waals surface area contributed by atoms with Crippen LogP contribution in [-0.4, -0.2) is 25.1 Å². The van der Waals surface area contributed by atoms with Gasteiger partial charge in [-0.25, -0.2) is 4.39 Å². The first-order valence-corrected chi connectivity index (χ1v) is 10.5. The Morgan fingerprint density at radius 1 is 0.818 bits per heavy atom. The van der Waals surface area contributed by atoms with Crippen LogP contribution >= 0.6 is 0 Å². The van der Waals surface area contributed by atoms with Gasteiger partial charge < -0.3 is 10.7 Å². The van der Waals surface area contributed by atoms with E-state index in [9.17, 15) is 4.39 Å². The number of hydrogen-bond donors (Lipinski definition) is 3. The molecule has 0 aliphatic rings. The van der Waals surface area contributed by atoms with Gasteiger partial charge in [0.15, 0.2) is 0 Å². The molecule has 0 unspecified atom stereocenters. The Bertz CT molecular complexity index is 1640. The van der Waals surface area contributed by atoms with Gasteiger partial charge in [-0.3, -0.25) is 15.1 Å². The molecular formula is C26H19FN6. The van der Waals surface area contributed by atoms with Crippen molar-refractivity contribution in [3.63, 3.8) is 0 Å². The van der Waals surface area contributed by atoms with Crippen LogP contribution in [-0.2, 0) is 0 Å². The van der Waals surface area contributed by atoms with E-state index < -0.39 is 0 Å². The fraction of sp³-hybridized carbons (Fsp3) is 0.0385. The molecule has 0 aliphatic carbocycles. The van der Waals surface area contributed by atoms with Crippen molar-refractivity contribution in [2.75, 3.05) is 5.73 Å². The van der Waals surface area contributed by atoms with Crippen molar-refractivity contribution in [2.24, 2.45) is 0 Å². The standard InChI is InChI=1S/C26H19FN6/c1-14-6-16(8-18(27)7-14)25-21-11-24(31-22(21)4-5-30-25)26-20-10-15(2-3-23(20)32-33-26)17-9-19(28)13-29-12-17/h2-13,31H,28H2,1H3,(H,32,33). The van der Waals surface area contributed by atoms with Crippen LogP contribution in [0.3, 0.4) is 0 Å². The maximum Gasteiger partial charge on any atom is 0.124 e. The molecular weight excluding hydrogens is 415 g/mol. The highest BCUT2D eigenvalue weighted by Crippen LogP contribution is 2.34. The van der Waals surface area contributed by atoms with Crippen molar-refractivity contribution in [1.82, 2.24) is 25.1 Å². The summed E-state index contributed by atoms with van der Waals surface area (Å²) in [5.41, 5.74) is 14.3. The number of fused-ring (bicyclic) bond motifs is 2. The number of H-pyrrole nitrogens is 2. The Morgan fingerprint density at radius 2 is 1.70 bits per heavy atom. The van der Waals surface area contributed by atoms with Gasteiger partial charge >= 0.3 is 0 Å². The topological polar surface area (TPSA) is 96.3 Å². The highest BCUT2D eigenvalue weighted by molar-refractivity contribution is 6.00. The molecule has 7 heteroatoms. The molecule has 4 N–H and O–H groups in total. The van der Waals surface area contributed by atoms with Gasteiger partial charge in [0.25, 0.3) is 0 Å². The van der Waals surface area contributed by atoms with Gasteiger partial charge in [0.1, 0.15) is 11.5 Å². The Balaban J connectivity index is 1.51. The molecule has 6 rings (SSSR count). The Hall–Kier alpha value is -4.52. The van der Waals surface area contributed by atoms with Gasteiger partial charge in [0, 0.05) is 46.0 Å². The van der Waals surface area contributed by atoms with Crippen LogP contribution < -0.4 is 5.73 Å². The summed E-state index contributed by atoms with van der Waals surface area (Å²) in [6, 6.07) is 16.9. The molecule has 0 atom stereocenters. The second-order valence-electron chi connectivity index (χ2n) is 8.16. The molecule has 0 saturated carbocycles. The highest BCUT2D eigenvalue weighted by Gasteiger charge is 2.15. The van der Waals surface area contributed by atoms with Crippen LogP contribution in [0.1, 0.15) is 5.56 Å². The number of aromatic amines is 2. The number of pyridine rings is 2. The van der Waals surface area contributed by atoms with E-state index in [0.717, 1.165) is 61.1 Å². The summed E-state index contributed by atoms with van der Waals surface area (Å²) in [7, 11) is 0. The van der Waals surface area contributed by atoms with Crippen LogP contribution in [0, 0.1) is 12.7 Å². The van der Waals surface area contributed by atoms with Gasteiger partial charge in [-0.1, -0.05) is 6.07 Å². The summed E-state index contributed by atoms with van der Waals surface area (Å²) < 4.78 is 14.1. The second kappa shape index (κ2) is 7.27. The lowest BCUT2D eigenvalue weighted by Crippen LogP contribution is -1.87. The average Bonchev–Trinajstić information content (AvgIpc) is 3.41. The number of aryl methyl sites for hydroxylation is 1. The van der Waals surface area contributed by atoms with Crippen molar-refractivity contribution in [1.29, 1.82) is 0 Å². The summed E-state index contributed by atoms with van der Waals surface area (Å²) >= 11 is 0. The van der Waals surface area contributed by atoms with E-state index in [1.807, 2.05) is 43.3 Å². The summed E-state index contributed by atoms with van der Waals surface area (Å²) in [6.45, 7) is 1.87. The maximum atomic E-state index is 14.1. The third-order valence-electron chi connectivity index (χ3n) is 5.77. The quantitative estimate of drug-likeness (QED) is 0.325. The lowest BCUT2D eigenvalue weighted by Gasteiger charge is -2.04. The van der Waals surface area contributed by atoms with Gasteiger partial charge in [-0.05, 0) is 66.6 Å². The molecule has 0 fully saturated rings. The zero-order chi connectivity index (χ0) is 22.5. The fourth-order valence-electron chi connectivity index (χ4n) is 4.30. The number of nitrogens with one attached hydrogen (secondary N) is 2. The number of rotatable bonds is 3. The fourth-order valence-corrected chi connectivity index (χ4v) is 4.30. The molecule has 0 aliphatic heterocycles. The molecule has 160 valence electrons. The van der Waals surface area contributed by atoms with Crippen molar-refractivity contribution >= 4 is 27.5 Å². The number of nitrogens with zero attached hydrogens (tertiary/aromatic N) is 3. The van der Waals surface area contributed by atoms with Crippen molar-refractivity contribution < 1.29 is 4.39 Å². The number of benzene rings is 2. The normalized spacial score (nSPS) is 11.5. The van der Waals surface area contributed by atoms with E-state index in [1.165, 1.54) is 12.1 Å². The van der Waals surface area contributed by atoms with Crippen LogP contribution in [0.15, 0.2) is 73.2 Å². The first-order chi connectivity index (χ1) is 16.0. The van der Waals surface area contributed by atoms with E-state index in [2.05, 4.69) is 31.2 Å². The smallest absolute Gasteiger partial charge is 0.124 e. The summed E-state index contributed by atoms with van der Waals surface area (Å²) in [5, 5.41) is 9.55. The van der Waals surface area contributed by atoms with Gasteiger partial charge in [0.2, 0.25) is 0 Å². The number of aromatic nitrogens is 5. The molecule has 4 heterocycles. The average molecular weight is 434 g/mol. The van der Waals surface area contributed by atoms with E-state index >= 15 is 0 Å². The Labute approximate surface area is 188 Å². The number of halogens is 1. The first-order valence-electron chi connectivity index (χ1n) is 10.5. The van der Waals surface area contributed by atoms with E-state index in [4.69, 9.17) is 5.73 Å². The predicted molar refractivity (Wildman–Crippen MR) is 129 cm³/mol. The Kier molecular flexibility index (Phi) is 4.23. The monoisotopic (exact) mass is 434 g/mol. The zero-order valence-electron chi connectivity index (χ0n) is 17.7. The Morgan fingerprint density at radius 3 is 2.55 bits per heavy atom. The molecule has 0 radical (unpaired) electrons. The van der Waals surface area contributed by atoms with Crippen LogP contribution in [0.25, 0.3) is 55.6 Å². The lowest BCUT2D eigenvalue weighted by atomic mass is 10.0. The van der Waals surface area contributed by atoms with Crippen molar-refractivity contribution in [2.45, 2.75) is 6.92 Å². The molecule has 33 heavy (non-hydrogen) atoms. The second-order valence-corrected chi connectivity index (χ2v) is 8.16. The summed E-state index contributed by atoms with van der Waals surface area (Å²) in [4.78, 5) is 12.2. The van der Waals surface area contributed by atoms with Crippen LogP contribution in [0.2, 0.25) is 0 Å². The zero-order valence-corrected chi connectivity index (χ0v) is 17.7. The molecule has 0 amide bonds. The largest absolute Gasteiger partial charge is 0.397 e. The summed E-state index contributed by atoms with van der Waals surface area (Å²) in [5.74, 6) is -0.276. The first kappa shape index (κ1) is 19.2. The predicted octanol–water partition coefficient (Wildman–Crippen LogP) is 5.86. The molecule has 4 aromatic heterocycles. The SMILES string of the molecule is Cc1cc(F)cc(-c2nccc3[nH]c(-c4n[nH]c5ccc(-c6cncc(N)c6)cc45)cc23)c1. The van der Waals surface area contributed by atoms with Gasteiger partial charge in [0.05, 0.1) is 22.6 Å². The molecule has 2 aromatic carbocycles. The maximum absolute atomic E-state index is 14.1. The molecule has 6 nitrogen and oxygen atoms in total. The minimum absolute atomic E-state index is 0.276. The van der Waals surface area contributed by atoms with Crippen molar-refractivity contribution in [3.05, 3.63) is 84.6 Å². The third kappa shape index (κ3) is 3.30. The molecule has 0 saturated heterocycles. The number of nitrogens with two attached hydrogens (primary N) is 1. The van der Waals surface area contributed by atoms with Crippen LogP contribution in [0.5, 0.6) is 0 Å². The molecule has 6 aromatic rings. The minimum Gasteiger partial charge on any atom is -0.397 e. The minimum atomic E-state index is -0.276. The number of anilines is 1. The van der Waals surface area contributed by atoms with E-state index in [-0.39, 0.29) is 5.82 Å². The van der Waals surface area contributed by atoms with Gasteiger partial charge in [-0.2, -0.15) is 5.10 Å². The molecule has 0 bridgehead atoms. The number of nitrogen functional groups attached to an aromatic ring is 1. The van der Waals surface area contributed by atoms with Gasteiger partial charge in [-0.15, -0.1) is 0 Å². The molecule has 0 spiro atoms. The van der Waals surface area contributed by atoms with Crippen molar-refractivity contribution in [3.8, 4) is 33.8 Å². The summed E-state index contributed by atoms with van der Waals surface area (Å²) in [6.07, 6.45) is 5.15. The van der Waals surface area contributed by atoms with E-state index in [1.54, 1.807) is 18.6 Å².